The van der Waals surface area contributed by atoms with E-state index < -0.39 is 0 Å². The Hall–Kier alpha value is -2.50. The number of aryl methyl sites for hydroxylation is 2. The van der Waals surface area contributed by atoms with Gasteiger partial charge in [-0.3, -0.25) is 4.79 Å². The molecule has 28 heavy (non-hydrogen) atoms. The van der Waals surface area contributed by atoms with Crippen LogP contribution in [0.15, 0.2) is 54.6 Å². The van der Waals surface area contributed by atoms with Gasteiger partial charge in [0.05, 0.1) is 17.1 Å². The molecule has 2 atom stereocenters. The van der Waals surface area contributed by atoms with Crippen LogP contribution in [0, 0.1) is 13.8 Å². The van der Waals surface area contributed by atoms with Gasteiger partial charge in [-0.15, -0.1) is 11.3 Å². The van der Waals surface area contributed by atoms with Gasteiger partial charge in [0.2, 0.25) is 5.91 Å². The van der Waals surface area contributed by atoms with E-state index in [9.17, 15) is 4.79 Å². The third-order valence-electron chi connectivity index (χ3n) is 5.39. The predicted molar refractivity (Wildman–Crippen MR) is 114 cm³/mol. The monoisotopic (exact) mass is 391 g/mol. The maximum Gasteiger partial charge on any atom is 0.227 e. The highest BCUT2D eigenvalue weighted by Crippen LogP contribution is 2.31. The number of carbonyl (C=O) groups excluding carboxylic acids is 1. The van der Waals surface area contributed by atoms with E-state index in [1.165, 1.54) is 11.1 Å². The molecule has 0 radical (unpaired) electrons. The fraction of sp³-hybridized carbons (Fsp3) is 0.304. The number of hydrogen-bond acceptors (Lipinski definition) is 4. The number of nitrogens with two attached hydrogens (primary N) is 1. The van der Waals surface area contributed by atoms with Crippen molar-refractivity contribution in [3.8, 4) is 11.3 Å². The minimum atomic E-state index is -0.0221. The van der Waals surface area contributed by atoms with Crippen molar-refractivity contribution >= 4 is 17.2 Å². The van der Waals surface area contributed by atoms with Gasteiger partial charge in [0, 0.05) is 35.5 Å². The highest BCUT2D eigenvalue weighted by atomic mass is 32.1. The number of nitrogens with zero attached hydrogens (tertiary/aromatic N) is 2. The Morgan fingerprint density at radius 1 is 1.11 bits per heavy atom. The van der Waals surface area contributed by atoms with E-state index in [1.807, 2.05) is 30.0 Å². The third kappa shape index (κ3) is 3.86. The van der Waals surface area contributed by atoms with Crippen molar-refractivity contribution in [2.75, 3.05) is 13.1 Å². The van der Waals surface area contributed by atoms with Crippen LogP contribution in [0.3, 0.4) is 0 Å². The van der Waals surface area contributed by atoms with Crippen molar-refractivity contribution in [3.63, 3.8) is 0 Å². The number of likely N-dealkylation sites (tertiary alicyclic amines) is 1. The third-order valence-corrected chi connectivity index (χ3v) is 6.36. The van der Waals surface area contributed by atoms with E-state index >= 15 is 0 Å². The van der Waals surface area contributed by atoms with Gasteiger partial charge in [0.25, 0.3) is 0 Å². The summed E-state index contributed by atoms with van der Waals surface area (Å²) in [6.07, 6.45) is 0.378. The molecule has 0 bridgehead atoms. The van der Waals surface area contributed by atoms with Crippen molar-refractivity contribution in [1.29, 1.82) is 0 Å². The number of amides is 1. The molecule has 1 aliphatic heterocycles. The fourth-order valence-electron chi connectivity index (χ4n) is 3.86. The number of carbonyl (C=O) groups is 1. The van der Waals surface area contributed by atoms with Gasteiger partial charge >= 0.3 is 0 Å². The zero-order valence-electron chi connectivity index (χ0n) is 16.3. The molecule has 3 aromatic rings. The van der Waals surface area contributed by atoms with Crippen molar-refractivity contribution in [2.24, 2.45) is 5.73 Å². The van der Waals surface area contributed by atoms with Crippen molar-refractivity contribution in [3.05, 3.63) is 75.6 Å². The summed E-state index contributed by atoms with van der Waals surface area (Å²) in [5.74, 6) is 0.329. The Labute approximate surface area is 170 Å². The number of rotatable bonds is 4. The second-order valence-corrected chi connectivity index (χ2v) is 8.81. The maximum atomic E-state index is 13.0. The van der Waals surface area contributed by atoms with Gasteiger partial charge in [-0.25, -0.2) is 4.98 Å². The quantitative estimate of drug-likeness (QED) is 0.733. The van der Waals surface area contributed by atoms with Crippen LogP contribution in [-0.2, 0) is 11.2 Å². The van der Waals surface area contributed by atoms with Crippen LogP contribution in [-0.4, -0.2) is 34.9 Å². The van der Waals surface area contributed by atoms with Crippen LogP contribution in [0.4, 0.5) is 0 Å². The molecule has 2 aromatic carbocycles. The number of benzene rings is 2. The van der Waals surface area contributed by atoms with E-state index in [2.05, 4.69) is 43.3 Å². The van der Waals surface area contributed by atoms with E-state index in [0.29, 0.717) is 19.5 Å². The molecule has 5 heteroatoms. The molecule has 1 amide bonds. The van der Waals surface area contributed by atoms with Crippen molar-refractivity contribution < 1.29 is 4.79 Å². The molecule has 2 heterocycles. The zero-order chi connectivity index (χ0) is 19.7. The lowest BCUT2D eigenvalue weighted by Crippen LogP contribution is -2.33. The Kier molecular flexibility index (Phi) is 5.29. The molecular weight excluding hydrogens is 366 g/mol. The first kappa shape index (κ1) is 18.8. The smallest absolute Gasteiger partial charge is 0.227 e. The molecular formula is C23H25N3OS. The summed E-state index contributed by atoms with van der Waals surface area (Å²) in [4.78, 5) is 20.7. The summed E-state index contributed by atoms with van der Waals surface area (Å²) >= 11 is 1.61. The van der Waals surface area contributed by atoms with Gasteiger partial charge in [-0.1, -0.05) is 60.2 Å². The lowest BCUT2D eigenvalue weighted by Gasteiger charge is -2.16. The van der Waals surface area contributed by atoms with Crippen LogP contribution in [0.2, 0.25) is 0 Å². The molecule has 0 unspecified atom stereocenters. The normalized spacial score (nSPS) is 19.2. The number of thiazole rings is 1. The van der Waals surface area contributed by atoms with Crippen LogP contribution in [0.25, 0.3) is 11.3 Å². The van der Waals surface area contributed by atoms with Gasteiger partial charge in [-0.05, 0) is 19.4 Å². The second-order valence-electron chi connectivity index (χ2n) is 7.53. The largest absolute Gasteiger partial charge is 0.340 e. The topological polar surface area (TPSA) is 59.2 Å². The number of aromatic nitrogens is 1. The average Bonchev–Trinajstić information content (AvgIpc) is 3.26. The molecule has 1 saturated heterocycles. The van der Waals surface area contributed by atoms with Gasteiger partial charge in [-0.2, -0.15) is 0 Å². The lowest BCUT2D eigenvalue weighted by atomic mass is 9.95. The first-order chi connectivity index (χ1) is 13.5. The molecule has 4 rings (SSSR count). The Bertz CT molecular complexity index is 965. The molecule has 0 aliphatic carbocycles. The molecule has 4 nitrogen and oxygen atoms in total. The van der Waals surface area contributed by atoms with E-state index in [4.69, 9.17) is 10.7 Å². The van der Waals surface area contributed by atoms with Crippen LogP contribution < -0.4 is 5.73 Å². The maximum absolute atomic E-state index is 13.0. The summed E-state index contributed by atoms with van der Waals surface area (Å²) in [7, 11) is 0. The summed E-state index contributed by atoms with van der Waals surface area (Å²) in [5.41, 5.74) is 10.8. The van der Waals surface area contributed by atoms with Gasteiger partial charge in [0.15, 0.2) is 0 Å². The first-order valence-corrected chi connectivity index (χ1v) is 10.4. The Morgan fingerprint density at radius 2 is 1.82 bits per heavy atom. The Balaban J connectivity index is 1.51. The van der Waals surface area contributed by atoms with Crippen LogP contribution in [0.5, 0.6) is 0 Å². The summed E-state index contributed by atoms with van der Waals surface area (Å²) in [5, 5.41) is 0.985. The summed E-state index contributed by atoms with van der Waals surface area (Å²) < 4.78 is 0. The highest BCUT2D eigenvalue weighted by Gasteiger charge is 2.34. The minimum absolute atomic E-state index is 0.0221. The van der Waals surface area contributed by atoms with Crippen molar-refractivity contribution in [2.45, 2.75) is 32.2 Å². The van der Waals surface area contributed by atoms with Crippen LogP contribution in [0.1, 0.15) is 26.9 Å². The molecule has 1 aromatic heterocycles. The molecule has 0 spiro atoms. The molecule has 1 aliphatic rings. The molecule has 2 N–H and O–H groups in total. The average molecular weight is 392 g/mol. The zero-order valence-corrected chi connectivity index (χ0v) is 17.1. The van der Waals surface area contributed by atoms with E-state index in [0.717, 1.165) is 21.1 Å². The van der Waals surface area contributed by atoms with E-state index in [1.54, 1.807) is 11.3 Å². The van der Waals surface area contributed by atoms with E-state index in [-0.39, 0.29) is 17.9 Å². The fourth-order valence-corrected chi connectivity index (χ4v) is 4.81. The predicted octanol–water partition coefficient (Wildman–Crippen LogP) is 3.92. The second kappa shape index (κ2) is 7.86. The summed E-state index contributed by atoms with van der Waals surface area (Å²) in [6, 6.07) is 18.6. The Morgan fingerprint density at radius 3 is 2.54 bits per heavy atom. The molecule has 1 fully saturated rings. The number of hydrogen-bond donors (Lipinski definition) is 1. The minimum Gasteiger partial charge on any atom is -0.340 e. The first-order valence-electron chi connectivity index (χ1n) is 9.63. The van der Waals surface area contributed by atoms with Gasteiger partial charge in [0.1, 0.15) is 0 Å². The van der Waals surface area contributed by atoms with Gasteiger partial charge < -0.3 is 10.6 Å². The summed E-state index contributed by atoms with van der Waals surface area (Å²) in [6.45, 7) is 5.35. The lowest BCUT2D eigenvalue weighted by molar-refractivity contribution is -0.129. The highest BCUT2D eigenvalue weighted by molar-refractivity contribution is 7.12. The standard InChI is InChI=1S/C23H25N3OS/c1-15-8-10-18(11-9-15)23-21(28-16(2)25-23)12-22(27)26-13-19(20(24)14-26)17-6-4-3-5-7-17/h3-11,19-20H,12-14,24H2,1-2H3/t19-,20+/m0/s1. The van der Waals surface area contributed by atoms with Crippen molar-refractivity contribution in [1.82, 2.24) is 9.88 Å². The van der Waals surface area contributed by atoms with Crippen LogP contribution >= 0.6 is 11.3 Å². The SMILES string of the molecule is Cc1ccc(-c2nc(C)sc2CC(=O)N2C[C@@H](N)[C@H](c3ccccc3)C2)cc1. The molecule has 0 saturated carbocycles. The molecule has 144 valence electrons.